The maximum Gasteiger partial charge on any atom is 0.151 e. The van der Waals surface area contributed by atoms with E-state index < -0.39 is 0 Å². The van der Waals surface area contributed by atoms with E-state index >= 15 is 0 Å². The van der Waals surface area contributed by atoms with Crippen molar-refractivity contribution < 1.29 is 0 Å². The molecule has 0 radical (unpaired) electrons. The minimum Gasteiger partial charge on any atom is -0.353 e. The third kappa shape index (κ3) is 2.58. The Labute approximate surface area is 90.1 Å². The van der Waals surface area contributed by atoms with E-state index in [1.165, 1.54) is 0 Å². The molecule has 0 bridgehead atoms. The van der Waals surface area contributed by atoms with Crippen molar-refractivity contribution in [3.8, 4) is 0 Å². The monoisotopic (exact) mass is 213 g/mol. The summed E-state index contributed by atoms with van der Waals surface area (Å²) in [6.07, 6.45) is 1.10. The first kappa shape index (κ1) is 11.2. The highest BCUT2D eigenvalue weighted by atomic mass is 35.5. The van der Waals surface area contributed by atoms with Gasteiger partial charge in [0.2, 0.25) is 0 Å². The molecular formula is C10H16ClN3. The number of hydrogen-bond acceptors (Lipinski definition) is 3. The Bertz CT molecular complexity index is 273. The van der Waals surface area contributed by atoms with E-state index in [0.29, 0.717) is 11.2 Å². The smallest absolute Gasteiger partial charge is 0.151 e. The maximum atomic E-state index is 5.68. The van der Waals surface area contributed by atoms with Gasteiger partial charge in [0.25, 0.3) is 0 Å². The molecule has 0 aromatic carbocycles. The lowest BCUT2D eigenvalue weighted by molar-refractivity contribution is 0.619. The van der Waals surface area contributed by atoms with Crippen molar-refractivity contribution in [2.24, 2.45) is 0 Å². The zero-order chi connectivity index (χ0) is 10.6. The molecule has 0 amide bonds. The third-order valence-corrected chi connectivity index (χ3v) is 2.58. The van der Waals surface area contributed by atoms with E-state index in [0.717, 1.165) is 18.8 Å². The second-order valence-electron chi connectivity index (χ2n) is 3.26. The highest BCUT2D eigenvalue weighted by molar-refractivity contribution is 6.29. The predicted octanol–water partition coefficient (Wildman–Crippen LogP) is 2.75. The molecule has 1 aromatic rings. The molecule has 0 saturated carbocycles. The summed E-state index contributed by atoms with van der Waals surface area (Å²) < 4.78 is 0. The molecule has 0 spiro atoms. The van der Waals surface area contributed by atoms with Gasteiger partial charge in [-0.3, -0.25) is 0 Å². The van der Waals surface area contributed by atoms with Crippen LogP contribution in [0.25, 0.3) is 0 Å². The first-order chi connectivity index (χ1) is 6.69. The number of hydrogen-bond donors (Lipinski definition) is 0. The molecule has 1 rings (SSSR count). The van der Waals surface area contributed by atoms with Gasteiger partial charge in [0.05, 0.1) is 0 Å². The first-order valence-electron chi connectivity index (χ1n) is 4.94. The van der Waals surface area contributed by atoms with E-state index in [-0.39, 0.29) is 0 Å². The second-order valence-corrected chi connectivity index (χ2v) is 3.64. The summed E-state index contributed by atoms with van der Waals surface area (Å²) in [5.41, 5.74) is 0. The summed E-state index contributed by atoms with van der Waals surface area (Å²) in [6, 6.07) is 4.16. The molecule has 0 saturated heterocycles. The summed E-state index contributed by atoms with van der Waals surface area (Å²) in [5.74, 6) is 0.895. The Hall–Kier alpha value is -0.830. The molecule has 0 aliphatic rings. The van der Waals surface area contributed by atoms with Crippen LogP contribution >= 0.6 is 11.6 Å². The number of anilines is 1. The maximum absolute atomic E-state index is 5.68. The summed E-state index contributed by atoms with van der Waals surface area (Å²) >= 11 is 5.68. The fourth-order valence-electron chi connectivity index (χ4n) is 1.38. The van der Waals surface area contributed by atoms with Crippen molar-refractivity contribution >= 4 is 17.4 Å². The Kier molecular flexibility index (Phi) is 4.14. The van der Waals surface area contributed by atoms with Gasteiger partial charge in [0.1, 0.15) is 0 Å². The van der Waals surface area contributed by atoms with E-state index in [2.05, 4.69) is 35.9 Å². The standard InChI is InChI=1S/C10H16ClN3/c1-4-8(3)14(5-2)10-7-6-9(11)12-13-10/h6-8H,4-5H2,1-3H3. The first-order valence-corrected chi connectivity index (χ1v) is 5.32. The van der Waals surface area contributed by atoms with Crippen LogP contribution in [0.1, 0.15) is 27.2 Å². The fraction of sp³-hybridized carbons (Fsp3) is 0.600. The van der Waals surface area contributed by atoms with E-state index in [4.69, 9.17) is 11.6 Å². The molecule has 0 aliphatic heterocycles. The van der Waals surface area contributed by atoms with Gasteiger partial charge in [-0.2, -0.15) is 0 Å². The largest absolute Gasteiger partial charge is 0.353 e. The van der Waals surface area contributed by atoms with Crippen LogP contribution in [0.15, 0.2) is 12.1 Å². The molecule has 1 aromatic heterocycles. The molecule has 0 N–H and O–H groups in total. The fourth-order valence-corrected chi connectivity index (χ4v) is 1.48. The van der Waals surface area contributed by atoms with E-state index in [9.17, 15) is 0 Å². The van der Waals surface area contributed by atoms with E-state index in [1.54, 1.807) is 6.07 Å². The molecule has 3 nitrogen and oxygen atoms in total. The zero-order valence-electron chi connectivity index (χ0n) is 8.87. The Balaban J connectivity index is 2.84. The predicted molar refractivity (Wildman–Crippen MR) is 59.8 cm³/mol. The van der Waals surface area contributed by atoms with Crippen LogP contribution in [0.3, 0.4) is 0 Å². The molecule has 1 unspecified atom stereocenters. The molecule has 0 fully saturated rings. The lowest BCUT2D eigenvalue weighted by Crippen LogP contribution is -2.33. The van der Waals surface area contributed by atoms with Crippen molar-refractivity contribution in [1.82, 2.24) is 10.2 Å². The topological polar surface area (TPSA) is 29.0 Å². The molecule has 0 aliphatic carbocycles. The van der Waals surface area contributed by atoms with Crippen LogP contribution in [0.2, 0.25) is 5.15 Å². The molecule has 78 valence electrons. The SMILES string of the molecule is CCC(C)N(CC)c1ccc(Cl)nn1. The van der Waals surface area contributed by atoms with Gasteiger partial charge in [-0.25, -0.2) is 0 Å². The highest BCUT2D eigenvalue weighted by Gasteiger charge is 2.12. The minimum atomic E-state index is 0.439. The lowest BCUT2D eigenvalue weighted by Gasteiger charge is -2.27. The Morgan fingerprint density at radius 2 is 2.07 bits per heavy atom. The number of rotatable bonds is 4. The van der Waals surface area contributed by atoms with Crippen LogP contribution in [-0.4, -0.2) is 22.8 Å². The van der Waals surface area contributed by atoms with Gasteiger partial charge >= 0.3 is 0 Å². The van der Waals surface area contributed by atoms with Crippen LogP contribution in [0, 0.1) is 0 Å². The zero-order valence-corrected chi connectivity index (χ0v) is 9.62. The van der Waals surface area contributed by atoms with Crippen molar-refractivity contribution in [2.75, 3.05) is 11.4 Å². The number of aromatic nitrogens is 2. The van der Waals surface area contributed by atoms with Crippen molar-refractivity contribution in [3.63, 3.8) is 0 Å². The summed E-state index contributed by atoms with van der Waals surface area (Å²) in [6.45, 7) is 7.39. The van der Waals surface area contributed by atoms with Gasteiger partial charge < -0.3 is 4.90 Å². The van der Waals surface area contributed by atoms with Gasteiger partial charge in [0.15, 0.2) is 11.0 Å². The highest BCUT2D eigenvalue weighted by Crippen LogP contribution is 2.15. The summed E-state index contributed by atoms with van der Waals surface area (Å²) in [7, 11) is 0. The van der Waals surface area contributed by atoms with Gasteiger partial charge in [0, 0.05) is 12.6 Å². The van der Waals surface area contributed by atoms with Crippen LogP contribution in [0.4, 0.5) is 5.82 Å². The van der Waals surface area contributed by atoms with Crippen molar-refractivity contribution in [1.29, 1.82) is 0 Å². The Morgan fingerprint density at radius 3 is 2.50 bits per heavy atom. The molecule has 14 heavy (non-hydrogen) atoms. The summed E-state index contributed by atoms with van der Waals surface area (Å²) in [4.78, 5) is 2.21. The number of halogens is 1. The van der Waals surface area contributed by atoms with Gasteiger partial charge in [-0.15, -0.1) is 10.2 Å². The quantitative estimate of drug-likeness (QED) is 0.770. The minimum absolute atomic E-state index is 0.439. The third-order valence-electron chi connectivity index (χ3n) is 2.38. The molecule has 1 atom stereocenters. The van der Waals surface area contributed by atoms with Crippen LogP contribution in [0.5, 0.6) is 0 Å². The average molecular weight is 214 g/mol. The molecular weight excluding hydrogens is 198 g/mol. The van der Waals surface area contributed by atoms with Crippen LogP contribution in [-0.2, 0) is 0 Å². The Morgan fingerprint density at radius 1 is 1.36 bits per heavy atom. The van der Waals surface area contributed by atoms with E-state index in [1.807, 2.05) is 6.07 Å². The molecule has 4 heteroatoms. The average Bonchev–Trinajstić information content (AvgIpc) is 2.21. The lowest BCUT2D eigenvalue weighted by atomic mass is 10.2. The molecule has 1 heterocycles. The second kappa shape index (κ2) is 5.15. The van der Waals surface area contributed by atoms with Crippen molar-refractivity contribution in [3.05, 3.63) is 17.3 Å². The van der Waals surface area contributed by atoms with Gasteiger partial charge in [-0.1, -0.05) is 18.5 Å². The number of nitrogens with zero attached hydrogens (tertiary/aromatic N) is 3. The van der Waals surface area contributed by atoms with Crippen LogP contribution < -0.4 is 4.90 Å². The summed E-state index contributed by atoms with van der Waals surface area (Å²) in [5, 5.41) is 8.34. The normalized spacial score (nSPS) is 12.6. The van der Waals surface area contributed by atoms with Gasteiger partial charge in [-0.05, 0) is 32.4 Å². The van der Waals surface area contributed by atoms with Crippen molar-refractivity contribution in [2.45, 2.75) is 33.2 Å².